The van der Waals surface area contributed by atoms with Crippen LogP contribution in [0.1, 0.15) is 0 Å². The van der Waals surface area contributed by atoms with Gasteiger partial charge in [0.15, 0.2) is 0 Å². The van der Waals surface area contributed by atoms with E-state index in [1.165, 1.54) is 21.5 Å². The number of benzene rings is 6. The van der Waals surface area contributed by atoms with Gasteiger partial charge in [0.1, 0.15) is 0 Å². The molecule has 48 heavy (non-hydrogen) atoms. The highest BCUT2D eigenvalue weighted by Gasteiger charge is 2.10. The molecule has 0 saturated heterocycles. The Labute approximate surface area is 276 Å². The van der Waals surface area contributed by atoms with Gasteiger partial charge in [-0.05, 0) is 94.3 Å². The van der Waals surface area contributed by atoms with Crippen LogP contribution < -0.4 is 0 Å². The lowest BCUT2D eigenvalue weighted by molar-refractivity contribution is 1.32. The van der Waals surface area contributed by atoms with E-state index in [0.29, 0.717) is 0 Å². The predicted octanol–water partition coefficient (Wildman–Crippen LogP) is 11.2. The third-order valence-corrected chi connectivity index (χ3v) is 9.35. The van der Waals surface area contributed by atoms with Crippen molar-refractivity contribution in [3.05, 3.63) is 158 Å². The molecule has 4 heteroatoms. The molecule has 0 atom stereocenters. The molecule has 4 aromatic heterocycles. The highest BCUT2D eigenvalue weighted by Crippen LogP contribution is 2.31. The van der Waals surface area contributed by atoms with Gasteiger partial charge in [-0.15, -0.1) is 0 Å². The normalized spacial score (nSPS) is 11.8. The fourth-order valence-electron chi connectivity index (χ4n) is 6.80. The molecule has 4 nitrogen and oxygen atoms in total. The lowest BCUT2D eigenvalue weighted by atomic mass is 10.0. The Kier molecular flexibility index (Phi) is 5.84. The number of fused-ring (bicyclic) bond motifs is 6. The van der Waals surface area contributed by atoms with Crippen molar-refractivity contribution in [1.82, 2.24) is 19.9 Å². The Morgan fingerprint density at radius 1 is 0.229 bits per heavy atom. The van der Waals surface area contributed by atoms with E-state index in [1.54, 1.807) is 0 Å². The van der Waals surface area contributed by atoms with Crippen LogP contribution in [0.4, 0.5) is 0 Å². The van der Waals surface area contributed by atoms with Crippen molar-refractivity contribution in [1.29, 1.82) is 0 Å². The fraction of sp³-hybridized carbons (Fsp3) is 0. The lowest BCUT2D eigenvalue weighted by Crippen LogP contribution is -1.91. The zero-order valence-corrected chi connectivity index (χ0v) is 25.8. The van der Waals surface area contributed by atoms with Gasteiger partial charge < -0.3 is 0 Å². The molecule has 222 valence electrons. The Balaban J connectivity index is 0.954. The number of aromatic nitrogens is 4. The second kappa shape index (κ2) is 10.5. The van der Waals surface area contributed by atoms with Crippen molar-refractivity contribution in [2.24, 2.45) is 0 Å². The van der Waals surface area contributed by atoms with Crippen LogP contribution in [0.5, 0.6) is 0 Å². The Bertz CT molecular complexity index is 2710. The van der Waals surface area contributed by atoms with Gasteiger partial charge in [-0.3, -0.25) is 0 Å². The van der Waals surface area contributed by atoms with Crippen LogP contribution in [0.3, 0.4) is 0 Å². The third-order valence-electron chi connectivity index (χ3n) is 9.35. The quantitative estimate of drug-likeness (QED) is 0.187. The van der Waals surface area contributed by atoms with Crippen molar-refractivity contribution in [3.8, 4) is 33.9 Å². The van der Waals surface area contributed by atoms with Gasteiger partial charge in [0.2, 0.25) is 0 Å². The van der Waals surface area contributed by atoms with Gasteiger partial charge in [-0.25, -0.2) is 19.9 Å². The maximum Gasteiger partial charge on any atom is 0.0894 e. The summed E-state index contributed by atoms with van der Waals surface area (Å²) in [6.07, 6.45) is 0. The maximum atomic E-state index is 5.01. The van der Waals surface area contributed by atoms with Crippen LogP contribution in [0.25, 0.3) is 99.1 Å². The second-order valence-corrected chi connectivity index (χ2v) is 12.4. The van der Waals surface area contributed by atoms with E-state index in [4.69, 9.17) is 19.9 Å². The summed E-state index contributed by atoms with van der Waals surface area (Å²) in [5, 5.41) is 9.27. The second-order valence-electron chi connectivity index (χ2n) is 12.4. The van der Waals surface area contributed by atoms with Crippen molar-refractivity contribution < 1.29 is 0 Å². The van der Waals surface area contributed by atoms with Crippen LogP contribution in [-0.2, 0) is 0 Å². The number of nitrogens with zero attached hydrogens (tertiary/aromatic N) is 4. The summed E-state index contributed by atoms with van der Waals surface area (Å²) >= 11 is 0. The van der Waals surface area contributed by atoms with Gasteiger partial charge in [0, 0.05) is 32.7 Å². The van der Waals surface area contributed by atoms with E-state index in [-0.39, 0.29) is 0 Å². The summed E-state index contributed by atoms with van der Waals surface area (Å²) in [7, 11) is 0. The number of hydrogen-bond acceptors (Lipinski definition) is 4. The Morgan fingerprint density at radius 3 is 1.02 bits per heavy atom. The molecule has 4 heterocycles. The topological polar surface area (TPSA) is 51.6 Å². The molecule has 0 bridgehead atoms. The van der Waals surface area contributed by atoms with Gasteiger partial charge in [-0.1, -0.05) is 84.9 Å². The van der Waals surface area contributed by atoms with Crippen LogP contribution in [0.15, 0.2) is 158 Å². The Morgan fingerprint density at radius 2 is 0.583 bits per heavy atom. The molecule has 0 fully saturated rings. The van der Waals surface area contributed by atoms with Gasteiger partial charge in [-0.2, -0.15) is 0 Å². The van der Waals surface area contributed by atoms with Crippen molar-refractivity contribution in [3.63, 3.8) is 0 Å². The van der Waals surface area contributed by atoms with E-state index in [0.717, 1.165) is 77.5 Å². The summed E-state index contributed by atoms with van der Waals surface area (Å²) in [6.45, 7) is 0. The highest BCUT2D eigenvalue weighted by molar-refractivity contribution is 5.99. The number of hydrogen-bond donors (Lipinski definition) is 0. The van der Waals surface area contributed by atoms with Crippen LogP contribution >= 0.6 is 0 Å². The van der Waals surface area contributed by atoms with Crippen LogP contribution in [0, 0.1) is 0 Å². The largest absolute Gasteiger partial charge is 0.248 e. The number of rotatable bonds is 3. The van der Waals surface area contributed by atoms with E-state index in [1.807, 2.05) is 0 Å². The zero-order valence-electron chi connectivity index (χ0n) is 25.8. The van der Waals surface area contributed by atoms with E-state index in [9.17, 15) is 0 Å². The highest BCUT2D eigenvalue weighted by atomic mass is 14.8. The molecule has 10 rings (SSSR count). The van der Waals surface area contributed by atoms with Crippen LogP contribution in [-0.4, -0.2) is 19.9 Å². The molecule has 0 radical (unpaired) electrons. The van der Waals surface area contributed by atoms with Crippen LogP contribution in [0.2, 0.25) is 0 Å². The minimum atomic E-state index is 0.848. The summed E-state index contributed by atoms with van der Waals surface area (Å²) in [5.74, 6) is 0. The van der Waals surface area contributed by atoms with E-state index in [2.05, 4.69) is 158 Å². The SMILES string of the molecule is c1ccc2cc3nc(-c4ccc5nc(-c6ccc7cc(-c8ccc9cc%10ccccc%10cc9n8)ccc7n6)ccc5c4)ccc3cc2c1. The van der Waals surface area contributed by atoms with Crippen molar-refractivity contribution in [2.45, 2.75) is 0 Å². The molecular formula is C44H26N4. The molecule has 0 aliphatic rings. The molecule has 0 spiro atoms. The molecule has 6 aromatic carbocycles. The summed E-state index contributed by atoms with van der Waals surface area (Å²) in [5.41, 5.74) is 9.58. The molecule has 0 aliphatic heterocycles. The molecule has 0 aliphatic carbocycles. The first-order valence-corrected chi connectivity index (χ1v) is 16.1. The molecule has 0 amide bonds. The van der Waals surface area contributed by atoms with Crippen molar-refractivity contribution >= 4 is 65.2 Å². The van der Waals surface area contributed by atoms with Gasteiger partial charge >= 0.3 is 0 Å². The molecule has 10 aromatic rings. The maximum absolute atomic E-state index is 5.01. The first-order valence-electron chi connectivity index (χ1n) is 16.1. The lowest BCUT2D eigenvalue weighted by Gasteiger charge is -2.09. The van der Waals surface area contributed by atoms with Gasteiger partial charge in [0.05, 0.1) is 44.8 Å². The minimum absolute atomic E-state index is 0.848. The molecule has 0 unspecified atom stereocenters. The third kappa shape index (κ3) is 4.54. The fourth-order valence-corrected chi connectivity index (χ4v) is 6.80. The average molecular weight is 611 g/mol. The summed E-state index contributed by atoms with van der Waals surface area (Å²) < 4.78 is 0. The monoisotopic (exact) mass is 610 g/mol. The first-order chi connectivity index (χ1) is 23.7. The zero-order chi connectivity index (χ0) is 31.6. The predicted molar refractivity (Wildman–Crippen MR) is 199 cm³/mol. The first kappa shape index (κ1) is 26.7. The summed E-state index contributed by atoms with van der Waals surface area (Å²) in [6, 6.07) is 55.1. The standard InChI is InChI=1S/C44H26N4/c1-3-7-29-25-43-35(21-27(29)5-1)11-17-39(47-43)31-9-15-37-33(23-31)13-19-41(45-37)42-20-14-34-24-32(10-16-38(34)46-42)40-18-12-36-22-28-6-2-4-8-30(28)26-44(36)48-40/h1-26H. The van der Waals surface area contributed by atoms with Crippen molar-refractivity contribution in [2.75, 3.05) is 0 Å². The van der Waals surface area contributed by atoms with E-state index >= 15 is 0 Å². The summed E-state index contributed by atoms with van der Waals surface area (Å²) in [4.78, 5) is 20.0. The molecule has 0 saturated carbocycles. The smallest absolute Gasteiger partial charge is 0.0894 e. The average Bonchev–Trinajstić information content (AvgIpc) is 3.15. The Hall–Kier alpha value is -6.52. The molecular weight excluding hydrogens is 585 g/mol. The molecule has 0 N–H and O–H groups in total. The number of pyridine rings is 4. The van der Waals surface area contributed by atoms with Gasteiger partial charge in [0.25, 0.3) is 0 Å². The van der Waals surface area contributed by atoms with E-state index < -0.39 is 0 Å². The minimum Gasteiger partial charge on any atom is -0.248 e.